The third kappa shape index (κ3) is 4.14. The highest BCUT2D eigenvalue weighted by Crippen LogP contribution is 2.18. The number of anilines is 2. The average molecular weight is 285 g/mol. The fourth-order valence-electron chi connectivity index (χ4n) is 1.98. The molecule has 0 aliphatic carbocycles. The predicted octanol–water partition coefficient (Wildman–Crippen LogP) is 2.17. The number of aryl methyl sites for hydroxylation is 1. The fraction of sp³-hybridized carbons (Fsp3) is 0.188. The first-order valence-corrected chi connectivity index (χ1v) is 6.69. The molecule has 2 aromatic rings. The third-order valence-electron chi connectivity index (χ3n) is 2.98. The van der Waals surface area contributed by atoms with Crippen molar-refractivity contribution in [2.24, 2.45) is 5.73 Å². The Morgan fingerprint density at radius 1 is 1.24 bits per heavy atom. The van der Waals surface area contributed by atoms with Gasteiger partial charge in [0.05, 0.1) is 5.56 Å². The Kier molecular flexibility index (Phi) is 4.66. The van der Waals surface area contributed by atoms with Gasteiger partial charge >= 0.3 is 0 Å². The first kappa shape index (κ1) is 14.7. The van der Waals surface area contributed by atoms with Crippen molar-refractivity contribution in [3.63, 3.8) is 0 Å². The van der Waals surface area contributed by atoms with E-state index in [1.54, 1.807) is 18.2 Å². The molecule has 0 aliphatic rings. The summed E-state index contributed by atoms with van der Waals surface area (Å²) in [6, 6.07) is 12.9. The Labute approximate surface area is 123 Å². The number of hydrogen-bond acceptors (Lipinski definition) is 4. The molecule has 0 bridgehead atoms. The Bertz CT molecular complexity index is 641. The molecule has 21 heavy (non-hydrogen) atoms. The molecule has 0 atom stereocenters. The minimum atomic E-state index is -0.510. The van der Waals surface area contributed by atoms with Crippen LogP contribution in [-0.4, -0.2) is 19.1 Å². The second-order valence-corrected chi connectivity index (χ2v) is 4.76. The van der Waals surface area contributed by atoms with Crippen LogP contribution in [0.5, 0.6) is 5.75 Å². The van der Waals surface area contributed by atoms with E-state index in [0.29, 0.717) is 30.1 Å². The molecular weight excluding hydrogens is 266 g/mol. The van der Waals surface area contributed by atoms with Crippen LogP contribution in [0, 0.1) is 6.92 Å². The summed E-state index contributed by atoms with van der Waals surface area (Å²) in [6.45, 7) is 3.04. The molecule has 2 rings (SSSR count). The van der Waals surface area contributed by atoms with Crippen LogP contribution < -0.4 is 21.5 Å². The van der Waals surface area contributed by atoms with E-state index in [4.69, 9.17) is 16.2 Å². The molecule has 0 saturated carbocycles. The van der Waals surface area contributed by atoms with Crippen molar-refractivity contribution < 1.29 is 9.53 Å². The summed E-state index contributed by atoms with van der Waals surface area (Å²) in [5, 5.41) is 3.13. The summed E-state index contributed by atoms with van der Waals surface area (Å²) in [5.74, 6) is 0.314. The maximum absolute atomic E-state index is 11.4. The van der Waals surface area contributed by atoms with Crippen LogP contribution in [0.15, 0.2) is 42.5 Å². The number of nitrogens with one attached hydrogen (secondary N) is 1. The van der Waals surface area contributed by atoms with Gasteiger partial charge in [-0.25, -0.2) is 0 Å². The largest absolute Gasteiger partial charge is 0.492 e. The number of nitrogens with two attached hydrogens (primary N) is 2. The SMILES string of the molecule is Cc1cccc(OCCNc2ccc(N)cc2C(N)=O)c1. The molecule has 0 saturated heterocycles. The summed E-state index contributed by atoms with van der Waals surface area (Å²) in [4.78, 5) is 11.4. The molecule has 1 amide bonds. The number of primary amides is 1. The lowest BCUT2D eigenvalue weighted by atomic mass is 10.1. The fourth-order valence-corrected chi connectivity index (χ4v) is 1.98. The lowest BCUT2D eigenvalue weighted by Crippen LogP contribution is -2.17. The van der Waals surface area contributed by atoms with Gasteiger partial charge in [0.2, 0.25) is 0 Å². The number of ether oxygens (including phenoxy) is 1. The molecule has 0 radical (unpaired) electrons. The van der Waals surface area contributed by atoms with E-state index in [1.165, 1.54) is 0 Å². The Morgan fingerprint density at radius 3 is 2.76 bits per heavy atom. The molecule has 0 fully saturated rings. The Hall–Kier alpha value is -2.69. The number of amides is 1. The normalized spacial score (nSPS) is 10.1. The van der Waals surface area contributed by atoms with Gasteiger partial charge in [0.25, 0.3) is 5.91 Å². The van der Waals surface area contributed by atoms with Crippen LogP contribution in [0.4, 0.5) is 11.4 Å². The van der Waals surface area contributed by atoms with Gasteiger partial charge in [-0.05, 0) is 42.8 Å². The topological polar surface area (TPSA) is 90.4 Å². The summed E-state index contributed by atoms with van der Waals surface area (Å²) >= 11 is 0. The predicted molar refractivity (Wildman–Crippen MR) is 84.5 cm³/mol. The van der Waals surface area contributed by atoms with Crippen LogP contribution in [0.3, 0.4) is 0 Å². The zero-order valence-electron chi connectivity index (χ0n) is 11.9. The number of nitrogen functional groups attached to an aromatic ring is 1. The van der Waals surface area contributed by atoms with Gasteiger partial charge in [-0.15, -0.1) is 0 Å². The highest BCUT2D eigenvalue weighted by Gasteiger charge is 2.08. The summed E-state index contributed by atoms with van der Waals surface area (Å²) in [5.41, 5.74) is 13.7. The molecule has 0 aliphatic heterocycles. The van der Waals surface area contributed by atoms with E-state index in [1.807, 2.05) is 31.2 Å². The maximum Gasteiger partial charge on any atom is 0.250 e. The smallest absolute Gasteiger partial charge is 0.250 e. The van der Waals surface area contributed by atoms with E-state index in [-0.39, 0.29) is 0 Å². The number of rotatable bonds is 6. The number of carbonyl (C=O) groups excluding carboxylic acids is 1. The zero-order chi connectivity index (χ0) is 15.2. The number of benzene rings is 2. The molecule has 0 unspecified atom stereocenters. The highest BCUT2D eigenvalue weighted by atomic mass is 16.5. The third-order valence-corrected chi connectivity index (χ3v) is 2.98. The van der Waals surface area contributed by atoms with E-state index >= 15 is 0 Å². The zero-order valence-corrected chi connectivity index (χ0v) is 11.9. The standard InChI is InChI=1S/C16H19N3O2/c1-11-3-2-4-13(9-11)21-8-7-19-15-6-5-12(17)10-14(15)16(18)20/h2-6,9-10,19H,7-8,17H2,1H3,(H2,18,20). The molecule has 110 valence electrons. The average Bonchev–Trinajstić information content (AvgIpc) is 2.44. The van der Waals surface area contributed by atoms with Gasteiger partial charge in [-0.2, -0.15) is 0 Å². The van der Waals surface area contributed by atoms with Crippen molar-refractivity contribution in [3.8, 4) is 5.75 Å². The first-order chi connectivity index (χ1) is 10.1. The van der Waals surface area contributed by atoms with E-state index in [9.17, 15) is 4.79 Å². The molecule has 2 aromatic carbocycles. The maximum atomic E-state index is 11.4. The van der Waals surface area contributed by atoms with Gasteiger partial charge in [0.1, 0.15) is 12.4 Å². The van der Waals surface area contributed by atoms with Crippen molar-refractivity contribution in [1.82, 2.24) is 0 Å². The molecule has 0 spiro atoms. The summed E-state index contributed by atoms with van der Waals surface area (Å²) in [7, 11) is 0. The van der Waals surface area contributed by atoms with Gasteiger partial charge in [0.15, 0.2) is 0 Å². The van der Waals surface area contributed by atoms with Crippen LogP contribution >= 0.6 is 0 Å². The van der Waals surface area contributed by atoms with Crippen LogP contribution in [0.25, 0.3) is 0 Å². The van der Waals surface area contributed by atoms with Crippen molar-refractivity contribution in [1.29, 1.82) is 0 Å². The lowest BCUT2D eigenvalue weighted by Gasteiger charge is -2.12. The van der Waals surface area contributed by atoms with E-state index in [0.717, 1.165) is 11.3 Å². The van der Waals surface area contributed by atoms with Crippen molar-refractivity contribution in [3.05, 3.63) is 53.6 Å². The van der Waals surface area contributed by atoms with Gasteiger partial charge in [0, 0.05) is 17.9 Å². The number of hydrogen-bond donors (Lipinski definition) is 3. The second kappa shape index (κ2) is 6.65. The highest BCUT2D eigenvalue weighted by molar-refractivity contribution is 5.99. The molecule has 5 nitrogen and oxygen atoms in total. The summed E-state index contributed by atoms with van der Waals surface area (Å²) in [6.07, 6.45) is 0. The molecule has 5 heteroatoms. The molecule has 0 aromatic heterocycles. The molecule has 0 heterocycles. The second-order valence-electron chi connectivity index (χ2n) is 4.76. The van der Waals surface area contributed by atoms with Crippen LogP contribution in [0.1, 0.15) is 15.9 Å². The minimum Gasteiger partial charge on any atom is -0.492 e. The molecular formula is C16H19N3O2. The van der Waals surface area contributed by atoms with Gasteiger partial charge in [-0.3, -0.25) is 4.79 Å². The van der Waals surface area contributed by atoms with Crippen molar-refractivity contribution in [2.45, 2.75) is 6.92 Å². The number of carbonyl (C=O) groups is 1. The van der Waals surface area contributed by atoms with Gasteiger partial charge in [-0.1, -0.05) is 12.1 Å². The quantitative estimate of drug-likeness (QED) is 0.560. The van der Waals surface area contributed by atoms with Crippen molar-refractivity contribution in [2.75, 3.05) is 24.2 Å². The van der Waals surface area contributed by atoms with E-state index in [2.05, 4.69) is 5.32 Å². The monoisotopic (exact) mass is 285 g/mol. The molecule has 5 N–H and O–H groups in total. The van der Waals surface area contributed by atoms with Gasteiger partial charge < -0.3 is 21.5 Å². The van der Waals surface area contributed by atoms with Crippen molar-refractivity contribution >= 4 is 17.3 Å². The minimum absolute atomic E-state index is 0.380. The van der Waals surface area contributed by atoms with E-state index < -0.39 is 5.91 Å². The lowest BCUT2D eigenvalue weighted by molar-refractivity contribution is 0.100. The van der Waals surface area contributed by atoms with Crippen LogP contribution in [-0.2, 0) is 0 Å². The Balaban J connectivity index is 1.90. The summed E-state index contributed by atoms with van der Waals surface area (Å²) < 4.78 is 5.63. The Morgan fingerprint density at radius 2 is 2.05 bits per heavy atom. The van der Waals surface area contributed by atoms with Crippen LogP contribution in [0.2, 0.25) is 0 Å². The first-order valence-electron chi connectivity index (χ1n) is 6.69.